The van der Waals surface area contributed by atoms with Crippen LogP contribution in [-0.2, 0) is 15.1 Å². The fourth-order valence-electron chi connectivity index (χ4n) is 5.26. The van der Waals surface area contributed by atoms with Crippen LogP contribution in [0, 0.1) is 0 Å². The SMILES string of the molecule is O=C1NCNc2c1ncn2C1OC(COC(c2ccccc2)(c2ccccc2)c2ccccc2)C(O)C1O. The van der Waals surface area contributed by atoms with Gasteiger partial charge in [-0.2, -0.15) is 0 Å². The lowest BCUT2D eigenvalue weighted by Crippen LogP contribution is -2.39. The number of nitrogens with one attached hydrogen (secondary N) is 2. The maximum Gasteiger partial charge on any atom is 0.275 e. The third kappa shape index (κ3) is 4.06. The first kappa shape index (κ1) is 24.3. The summed E-state index contributed by atoms with van der Waals surface area (Å²) in [7, 11) is 0. The number of hydrogen-bond donors (Lipinski definition) is 4. The van der Waals surface area contributed by atoms with Gasteiger partial charge >= 0.3 is 0 Å². The number of hydrogen-bond acceptors (Lipinski definition) is 7. The summed E-state index contributed by atoms with van der Waals surface area (Å²) in [6.45, 7) is 0.210. The van der Waals surface area contributed by atoms with Crippen LogP contribution >= 0.6 is 0 Å². The topological polar surface area (TPSA) is 118 Å². The monoisotopic (exact) mass is 512 g/mol. The van der Waals surface area contributed by atoms with Crippen molar-refractivity contribution in [2.75, 3.05) is 18.6 Å². The summed E-state index contributed by atoms with van der Waals surface area (Å²) >= 11 is 0. The van der Waals surface area contributed by atoms with E-state index in [9.17, 15) is 15.0 Å². The predicted molar refractivity (Wildman–Crippen MR) is 139 cm³/mol. The number of ether oxygens (including phenoxy) is 2. The Morgan fingerprint density at radius 3 is 1.97 bits per heavy atom. The second kappa shape index (κ2) is 10.0. The van der Waals surface area contributed by atoms with Gasteiger partial charge < -0.3 is 30.3 Å². The van der Waals surface area contributed by atoms with Crippen LogP contribution in [-0.4, -0.2) is 57.3 Å². The van der Waals surface area contributed by atoms with E-state index in [0.717, 1.165) is 16.7 Å². The van der Waals surface area contributed by atoms with Gasteiger partial charge in [0.25, 0.3) is 5.91 Å². The molecule has 4 unspecified atom stereocenters. The van der Waals surface area contributed by atoms with Crippen molar-refractivity contribution in [3.63, 3.8) is 0 Å². The van der Waals surface area contributed by atoms with Gasteiger partial charge in [-0.3, -0.25) is 9.36 Å². The highest BCUT2D eigenvalue weighted by Gasteiger charge is 2.47. The summed E-state index contributed by atoms with van der Waals surface area (Å²) < 4.78 is 14.5. The van der Waals surface area contributed by atoms with Crippen LogP contribution in [0.5, 0.6) is 0 Å². The van der Waals surface area contributed by atoms with Crippen molar-refractivity contribution >= 4 is 11.7 Å². The Morgan fingerprint density at radius 1 is 0.868 bits per heavy atom. The number of imidazole rings is 1. The molecule has 3 aromatic carbocycles. The van der Waals surface area contributed by atoms with Crippen molar-refractivity contribution < 1.29 is 24.5 Å². The van der Waals surface area contributed by atoms with E-state index < -0.39 is 30.1 Å². The zero-order chi connectivity index (χ0) is 26.1. The third-order valence-corrected chi connectivity index (χ3v) is 7.13. The largest absolute Gasteiger partial charge is 0.387 e. The predicted octanol–water partition coefficient (Wildman–Crippen LogP) is 2.62. The summed E-state index contributed by atoms with van der Waals surface area (Å²) in [6.07, 6.45) is -2.85. The Kier molecular flexibility index (Phi) is 6.42. The molecule has 4 atom stereocenters. The number of amides is 1. The molecule has 194 valence electrons. The van der Waals surface area contributed by atoms with Gasteiger partial charge in [-0.25, -0.2) is 4.98 Å². The van der Waals surface area contributed by atoms with Crippen LogP contribution in [0.4, 0.5) is 5.82 Å². The highest BCUT2D eigenvalue weighted by Crippen LogP contribution is 2.42. The summed E-state index contributed by atoms with van der Waals surface area (Å²) in [4.78, 5) is 16.3. The maximum absolute atomic E-state index is 12.1. The minimum atomic E-state index is -1.26. The first-order valence-electron chi connectivity index (χ1n) is 12.5. The standard InChI is InChI=1S/C29H28N4O5/c34-24-22(38-28(25(24)35)33-18-32-23-26(33)30-17-31-27(23)36)16-37-29(19-10-4-1-5-11-19,20-12-6-2-7-13-20)21-14-8-3-9-15-21/h1-15,18,22,24-25,28,30,34-35H,16-17H2,(H,31,36). The molecule has 3 heterocycles. The second-order valence-electron chi connectivity index (χ2n) is 9.35. The summed E-state index contributed by atoms with van der Waals surface area (Å²) in [5.41, 5.74) is 1.96. The highest BCUT2D eigenvalue weighted by atomic mass is 16.6. The van der Waals surface area contributed by atoms with Crippen LogP contribution in [0.2, 0.25) is 0 Å². The third-order valence-electron chi connectivity index (χ3n) is 7.13. The number of rotatable bonds is 7. The zero-order valence-electron chi connectivity index (χ0n) is 20.5. The van der Waals surface area contributed by atoms with Gasteiger partial charge in [-0.05, 0) is 16.7 Å². The number of carbonyl (C=O) groups excluding carboxylic acids is 1. The summed E-state index contributed by atoms with van der Waals surface area (Å²) in [5.74, 6) is 0.113. The van der Waals surface area contributed by atoms with Crippen LogP contribution in [0.1, 0.15) is 33.4 Å². The van der Waals surface area contributed by atoms with E-state index in [0.29, 0.717) is 5.82 Å². The first-order valence-corrected chi connectivity index (χ1v) is 12.5. The minimum Gasteiger partial charge on any atom is -0.387 e. The normalized spacial score (nSPS) is 22.9. The average Bonchev–Trinajstić information content (AvgIpc) is 3.52. The number of aliphatic hydroxyl groups excluding tert-OH is 2. The molecule has 0 radical (unpaired) electrons. The van der Waals surface area contributed by atoms with E-state index in [-0.39, 0.29) is 24.9 Å². The number of aromatic nitrogens is 2. The van der Waals surface area contributed by atoms with Crippen LogP contribution in [0.15, 0.2) is 97.3 Å². The molecule has 2 aliphatic heterocycles. The summed E-state index contributed by atoms with van der Waals surface area (Å²) in [5, 5.41) is 27.7. The van der Waals surface area contributed by atoms with Gasteiger partial charge in [-0.15, -0.1) is 0 Å². The lowest BCUT2D eigenvalue weighted by Gasteiger charge is -2.37. The summed E-state index contributed by atoms with van der Waals surface area (Å²) in [6, 6.07) is 29.7. The first-order chi connectivity index (χ1) is 18.6. The van der Waals surface area contributed by atoms with Crippen molar-refractivity contribution in [2.45, 2.75) is 30.1 Å². The molecule has 4 N–H and O–H groups in total. The maximum atomic E-state index is 12.1. The molecule has 0 spiro atoms. The molecular formula is C29H28N4O5. The van der Waals surface area contributed by atoms with Gasteiger partial charge in [0.05, 0.1) is 19.6 Å². The molecule has 1 saturated heterocycles. The van der Waals surface area contributed by atoms with Gasteiger partial charge in [0.15, 0.2) is 11.9 Å². The highest BCUT2D eigenvalue weighted by molar-refractivity contribution is 5.98. The number of benzene rings is 3. The molecule has 9 heteroatoms. The van der Waals surface area contributed by atoms with E-state index in [1.54, 1.807) is 4.57 Å². The molecule has 4 aromatic rings. The molecule has 1 aromatic heterocycles. The Hall–Kier alpha value is -4.02. The van der Waals surface area contributed by atoms with Crippen molar-refractivity contribution in [1.82, 2.24) is 14.9 Å². The van der Waals surface area contributed by atoms with Crippen molar-refractivity contribution in [1.29, 1.82) is 0 Å². The van der Waals surface area contributed by atoms with Crippen molar-refractivity contribution in [2.24, 2.45) is 0 Å². The van der Waals surface area contributed by atoms with E-state index >= 15 is 0 Å². The lowest BCUT2D eigenvalue weighted by molar-refractivity contribution is -0.0945. The molecule has 9 nitrogen and oxygen atoms in total. The van der Waals surface area contributed by atoms with Gasteiger partial charge in [-0.1, -0.05) is 91.0 Å². The smallest absolute Gasteiger partial charge is 0.275 e. The number of nitrogens with zero attached hydrogens (tertiary/aromatic N) is 2. The number of anilines is 1. The zero-order valence-corrected chi connectivity index (χ0v) is 20.5. The lowest BCUT2D eigenvalue weighted by atomic mass is 9.80. The van der Waals surface area contributed by atoms with E-state index in [4.69, 9.17) is 9.47 Å². The Morgan fingerprint density at radius 2 is 1.42 bits per heavy atom. The van der Waals surface area contributed by atoms with Gasteiger partial charge in [0.2, 0.25) is 0 Å². The molecule has 6 rings (SSSR count). The van der Waals surface area contributed by atoms with E-state index in [1.165, 1.54) is 6.33 Å². The molecule has 2 aliphatic rings. The fourth-order valence-corrected chi connectivity index (χ4v) is 5.26. The molecule has 38 heavy (non-hydrogen) atoms. The molecule has 0 saturated carbocycles. The molecule has 0 aliphatic carbocycles. The molecule has 1 fully saturated rings. The van der Waals surface area contributed by atoms with Gasteiger partial charge in [0, 0.05) is 0 Å². The fraction of sp³-hybridized carbons (Fsp3) is 0.241. The van der Waals surface area contributed by atoms with Crippen molar-refractivity contribution in [3.8, 4) is 0 Å². The minimum absolute atomic E-state index is 0.0157. The average molecular weight is 513 g/mol. The Bertz CT molecular complexity index is 1300. The quantitative estimate of drug-likeness (QED) is 0.281. The Labute approximate surface area is 219 Å². The van der Waals surface area contributed by atoms with Crippen LogP contribution in [0.3, 0.4) is 0 Å². The van der Waals surface area contributed by atoms with E-state index in [2.05, 4.69) is 15.6 Å². The number of carbonyl (C=O) groups is 1. The van der Waals surface area contributed by atoms with E-state index in [1.807, 2.05) is 91.0 Å². The second-order valence-corrected chi connectivity index (χ2v) is 9.35. The molecule has 0 bridgehead atoms. The van der Waals surface area contributed by atoms with Gasteiger partial charge in [0.1, 0.15) is 29.7 Å². The molecule has 1 amide bonds. The Balaban J connectivity index is 1.34. The van der Waals surface area contributed by atoms with Crippen LogP contribution in [0.25, 0.3) is 0 Å². The number of aliphatic hydroxyl groups is 2. The molecular weight excluding hydrogens is 484 g/mol. The van der Waals surface area contributed by atoms with Crippen molar-refractivity contribution in [3.05, 3.63) is 120 Å². The van der Waals surface area contributed by atoms with Crippen LogP contribution < -0.4 is 10.6 Å². The number of fused-ring (bicyclic) bond motifs is 1.